The molecular weight excluding hydrogens is 621 g/mol. The second-order valence-corrected chi connectivity index (χ2v) is 16.8. The van der Waals surface area contributed by atoms with Gasteiger partial charge in [-0.15, -0.1) is 0 Å². The average molecular weight is 727 g/mol. The lowest BCUT2D eigenvalue weighted by Gasteiger charge is -2.45. The second kappa shape index (κ2) is 28.3. The number of nitrogens with zero attached hydrogens (tertiary/aromatic N) is 4. The molecule has 0 aromatic rings. The van der Waals surface area contributed by atoms with E-state index in [9.17, 15) is 0 Å². The van der Waals surface area contributed by atoms with Crippen molar-refractivity contribution < 1.29 is 17.9 Å². The quantitative estimate of drug-likeness (QED) is 0.0686. The maximum absolute atomic E-state index is 2.40. The minimum atomic E-state index is 0. The van der Waals surface area contributed by atoms with Gasteiger partial charge in [-0.05, 0) is 120 Å². The van der Waals surface area contributed by atoms with Crippen molar-refractivity contribution in [1.82, 2.24) is 0 Å². The van der Waals surface area contributed by atoms with Gasteiger partial charge < -0.3 is 47.6 Å². The first-order valence-electron chi connectivity index (χ1n) is 21.9. The summed E-state index contributed by atoms with van der Waals surface area (Å²) in [7, 11) is 0. The van der Waals surface area contributed by atoms with E-state index in [0.717, 1.165) is 0 Å². The molecule has 0 unspecified atom stereocenters. The van der Waals surface area contributed by atoms with Crippen molar-refractivity contribution in [1.29, 1.82) is 0 Å². The summed E-state index contributed by atoms with van der Waals surface area (Å²) in [5.74, 6) is 0. The number of hydrogen-bond acceptors (Lipinski definition) is 0. The summed E-state index contributed by atoms with van der Waals surface area (Å²) >= 11 is 0. The molecule has 0 aromatic carbocycles. The Morgan fingerprint density at radius 2 is 0.431 bits per heavy atom. The Bertz CT molecular complexity index is 678. The van der Waals surface area contributed by atoms with Crippen molar-refractivity contribution >= 4 is 0 Å². The van der Waals surface area contributed by atoms with Crippen LogP contribution in [0.25, 0.3) is 0 Å². The number of rotatable bonds is 24. The smallest absolute Gasteiger partial charge is 0.0791 e. The number of quaternary nitrogens is 4. The monoisotopic (exact) mass is 727 g/mol. The third-order valence-electron chi connectivity index (χ3n) is 16.1. The summed E-state index contributed by atoms with van der Waals surface area (Å²) in [6.07, 6.45) is 19.3. The van der Waals surface area contributed by atoms with E-state index in [0.29, 0.717) is 10.8 Å². The Labute approximate surface area is 328 Å². The molecule has 0 N–H and O–H groups in total. The summed E-state index contributed by atoms with van der Waals surface area (Å²) in [6.45, 7) is 50.1. The highest BCUT2D eigenvalue weighted by Gasteiger charge is 2.39. The van der Waals surface area contributed by atoms with E-state index >= 15 is 0 Å². The van der Waals surface area contributed by atoms with Gasteiger partial charge in [0.1, 0.15) is 0 Å². The molecule has 0 aromatic heterocycles. The van der Waals surface area contributed by atoms with Crippen LogP contribution in [0, 0.1) is 40.5 Å². The molecule has 4 nitrogen and oxygen atoms in total. The van der Waals surface area contributed by atoms with Gasteiger partial charge in [-0.3, -0.25) is 0 Å². The molecule has 2 rings (SSSR count). The molecule has 0 atom stereocenters. The lowest BCUT2D eigenvalue weighted by atomic mass is 9.69. The molecule has 314 valence electrons. The fourth-order valence-corrected chi connectivity index (χ4v) is 10.2. The van der Waals surface area contributed by atoms with Gasteiger partial charge in [-0.25, -0.2) is 0 Å². The predicted octanol–water partition coefficient (Wildman–Crippen LogP) is 12.4. The lowest BCUT2D eigenvalue weighted by Crippen LogP contribution is -2.51. The van der Waals surface area contributed by atoms with E-state index in [2.05, 4.69) is 83.1 Å². The Balaban J connectivity index is -0.000000402. The van der Waals surface area contributed by atoms with Crippen LogP contribution in [-0.4, -0.2) is 123 Å². The van der Waals surface area contributed by atoms with Crippen molar-refractivity contribution in [2.24, 2.45) is 10.8 Å². The van der Waals surface area contributed by atoms with Crippen molar-refractivity contribution in [2.75, 3.05) is 105 Å². The van der Waals surface area contributed by atoms with Crippen LogP contribution in [0.1, 0.15) is 167 Å². The number of hydrogen-bond donors (Lipinski definition) is 0. The van der Waals surface area contributed by atoms with Crippen LogP contribution in [0.2, 0.25) is 0 Å². The predicted molar refractivity (Wildman–Crippen MR) is 238 cm³/mol. The molecule has 0 heterocycles. The summed E-state index contributed by atoms with van der Waals surface area (Å²) in [6, 6.07) is 0. The molecule has 0 bridgehead atoms. The van der Waals surface area contributed by atoms with Crippen LogP contribution in [0.4, 0.5) is 0 Å². The highest BCUT2D eigenvalue weighted by molar-refractivity contribution is 4.85. The van der Waals surface area contributed by atoms with Crippen LogP contribution in [-0.2, 0) is 0 Å². The molecule has 51 heavy (non-hydrogen) atoms. The first kappa shape index (κ1) is 57.6. The molecule has 0 amide bonds. The van der Waals surface area contributed by atoms with Gasteiger partial charge in [-0.2, -0.15) is 0 Å². The van der Waals surface area contributed by atoms with Gasteiger partial charge in [0, 0.05) is 25.7 Å². The van der Waals surface area contributed by atoms with Gasteiger partial charge in [0.2, 0.25) is 0 Å². The zero-order valence-corrected chi connectivity index (χ0v) is 39.3. The van der Waals surface area contributed by atoms with Gasteiger partial charge >= 0.3 is 0 Å². The Kier molecular flexibility index (Phi) is 31.9. The summed E-state index contributed by atoms with van der Waals surface area (Å²) in [5.41, 5.74) is 1.33. The standard InChI is InChI=1S/C22H48N2.C21H46N2.4CH3/c1-7-23(8-2,9-3)20-18-22(16-14-13-15-17-22)19-21-24(10-4,11-5)12-6;1-7-22(8-2,9-3)19-17-21(15-13-14-16-21)18-20-23(10-4,11-5)12-6;;;;/h7-21H2,1-6H3;7-20H2,1-6H3;4*1H3/q2*+2;4*-1. The second-order valence-electron chi connectivity index (χ2n) is 16.8. The van der Waals surface area contributed by atoms with Gasteiger partial charge in [0.15, 0.2) is 0 Å². The molecule has 2 saturated carbocycles. The highest BCUT2D eigenvalue weighted by atomic mass is 15.4. The van der Waals surface area contributed by atoms with E-state index in [-0.39, 0.29) is 29.7 Å². The van der Waals surface area contributed by atoms with Crippen molar-refractivity contribution in [3.05, 3.63) is 29.7 Å². The zero-order chi connectivity index (χ0) is 35.5. The minimum absolute atomic E-state index is 0. The zero-order valence-electron chi connectivity index (χ0n) is 39.3. The van der Waals surface area contributed by atoms with E-state index < -0.39 is 0 Å². The van der Waals surface area contributed by atoms with Crippen molar-refractivity contribution in [3.63, 3.8) is 0 Å². The third kappa shape index (κ3) is 16.6. The minimum Gasteiger partial charge on any atom is -0.358 e. The van der Waals surface area contributed by atoms with Crippen LogP contribution < -0.4 is 0 Å². The molecule has 2 aliphatic carbocycles. The third-order valence-corrected chi connectivity index (χ3v) is 16.1. The molecule has 0 radical (unpaired) electrons. The van der Waals surface area contributed by atoms with Crippen LogP contribution in [0.15, 0.2) is 0 Å². The normalized spacial score (nSPS) is 17.2. The fraction of sp³-hybridized carbons (Fsp3) is 0.915. The van der Waals surface area contributed by atoms with Crippen LogP contribution in [0.3, 0.4) is 0 Å². The maximum Gasteiger partial charge on any atom is 0.0791 e. The van der Waals surface area contributed by atoms with Gasteiger partial charge in [0.05, 0.1) is 105 Å². The van der Waals surface area contributed by atoms with E-state index in [4.69, 9.17) is 0 Å². The fourth-order valence-electron chi connectivity index (χ4n) is 10.2. The lowest BCUT2D eigenvalue weighted by molar-refractivity contribution is -0.926. The molecule has 0 spiro atoms. The van der Waals surface area contributed by atoms with Crippen molar-refractivity contribution in [3.8, 4) is 0 Å². The summed E-state index contributed by atoms with van der Waals surface area (Å²) in [5, 5.41) is 0. The van der Waals surface area contributed by atoms with E-state index in [1.54, 1.807) is 0 Å². The first-order valence-corrected chi connectivity index (χ1v) is 21.9. The highest BCUT2D eigenvalue weighted by Crippen LogP contribution is 2.45. The Morgan fingerprint density at radius 1 is 0.275 bits per heavy atom. The van der Waals surface area contributed by atoms with Gasteiger partial charge in [0.25, 0.3) is 0 Å². The van der Waals surface area contributed by atoms with Gasteiger partial charge in [-0.1, -0.05) is 32.1 Å². The van der Waals surface area contributed by atoms with Crippen LogP contribution >= 0.6 is 0 Å². The first-order chi connectivity index (χ1) is 22.5. The van der Waals surface area contributed by atoms with Crippen LogP contribution in [0.5, 0.6) is 0 Å². The molecule has 0 saturated heterocycles. The molecule has 4 heteroatoms. The molecule has 0 aliphatic heterocycles. The Morgan fingerprint density at radius 3 is 0.588 bits per heavy atom. The summed E-state index contributed by atoms with van der Waals surface area (Å²) < 4.78 is 5.32. The van der Waals surface area contributed by atoms with E-state index in [1.807, 2.05) is 0 Å². The molecule has 2 aliphatic rings. The summed E-state index contributed by atoms with van der Waals surface area (Å²) in [4.78, 5) is 0. The SMILES string of the molecule is CC[N+](CC)(CC)CCC1(CC[N+](CC)(CC)CC)CCCC1.CC[N+](CC)(CC)CCC1(CC[N+](CC)(CC)CC)CCCCC1.[CH3-].[CH3-].[CH3-].[CH3-]. The topological polar surface area (TPSA) is 0 Å². The molecule has 2 fully saturated rings. The van der Waals surface area contributed by atoms with Crippen molar-refractivity contribution in [2.45, 2.75) is 167 Å². The molecular formula is C47H106N4. The largest absolute Gasteiger partial charge is 0.358 e. The Hall–Kier alpha value is -0.160. The maximum atomic E-state index is 2.40. The van der Waals surface area contributed by atoms with E-state index in [1.165, 1.54) is 206 Å². The average Bonchev–Trinajstić information content (AvgIpc) is 3.61.